The summed E-state index contributed by atoms with van der Waals surface area (Å²) in [5, 5.41) is 4.33. The van der Waals surface area contributed by atoms with Crippen molar-refractivity contribution in [3.05, 3.63) is 164 Å². The van der Waals surface area contributed by atoms with Crippen LogP contribution in [0.4, 0.5) is 0 Å². The van der Waals surface area contributed by atoms with E-state index in [1.54, 1.807) is 0 Å². The molecular weight excluding hydrogens is 639 g/mol. The Kier molecular flexibility index (Phi) is 6.24. The van der Waals surface area contributed by atoms with E-state index in [0.29, 0.717) is 17.6 Å². The first-order valence-corrected chi connectivity index (χ1v) is 17.4. The van der Waals surface area contributed by atoms with Crippen molar-refractivity contribution in [1.82, 2.24) is 19.5 Å². The Morgan fingerprint density at radius 1 is 0.481 bits per heavy atom. The van der Waals surface area contributed by atoms with Gasteiger partial charge in [0.25, 0.3) is 6.71 Å². The molecule has 1 aliphatic heterocycles. The number of benzene rings is 7. The number of nitrogens with zero attached hydrogens (tertiary/aromatic N) is 4. The van der Waals surface area contributed by atoms with Crippen LogP contribution in [0.5, 0.6) is 11.5 Å². The van der Waals surface area contributed by atoms with Gasteiger partial charge in [-0.25, -0.2) is 4.98 Å². The first kappa shape index (κ1) is 28.8. The molecule has 10 aromatic rings. The van der Waals surface area contributed by atoms with Crippen LogP contribution in [0.2, 0.25) is 0 Å². The van der Waals surface area contributed by atoms with Crippen molar-refractivity contribution in [2.75, 3.05) is 0 Å². The van der Waals surface area contributed by atoms with Gasteiger partial charge in [-0.3, -0.25) is 4.57 Å². The Hall–Kier alpha value is -6.99. The number of para-hydroxylation sites is 4. The van der Waals surface area contributed by atoms with Gasteiger partial charge in [0.15, 0.2) is 11.6 Å². The number of fused-ring (bicyclic) bond motifs is 8. The van der Waals surface area contributed by atoms with Crippen LogP contribution in [0.3, 0.4) is 0 Å². The third-order valence-corrected chi connectivity index (χ3v) is 10.2. The number of ether oxygens (including phenoxy) is 1. The molecule has 6 nitrogen and oxygen atoms in total. The van der Waals surface area contributed by atoms with Gasteiger partial charge >= 0.3 is 0 Å². The minimum atomic E-state index is -0.222. The molecule has 0 atom stereocenters. The molecule has 0 N–H and O–H groups in total. The highest BCUT2D eigenvalue weighted by molar-refractivity contribution is 6.99. The van der Waals surface area contributed by atoms with Crippen LogP contribution < -0.4 is 21.1 Å². The summed E-state index contributed by atoms with van der Waals surface area (Å²) in [6.45, 7) is -0.222. The highest BCUT2D eigenvalue weighted by Crippen LogP contribution is 2.38. The maximum absolute atomic E-state index is 6.94. The normalized spacial score (nSPS) is 12.3. The smallest absolute Gasteiger partial charge is 0.258 e. The second kappa shape index (κ2) is 11.3. The van der Waals surface area contributed by atoms with E-state index in [2.05, 4.69) is 71.3 Å². The average Bonchev–Trinajstić information content (AvgIpc) is 3.75. The Morgan fingerprint density at radius 3 is 1.71 bits per heavy atom. The van der Waals surface area contributed by atoms with Crippen molar-refractivity contribution >= 4 is 66.8 Å². The van der Waals surface area contributed by atoms with Crippen molar-refractivity contribution in [3.63, 3.8) is 0 Å². The largest absolute Gasteiger partial charge is 0.458 e. The minimum Gasteiger partial charge on any atom is -0.458 e. The van der Waals surface area contributed by atoms with E-state index in [0.717, 1.165) is 82.8 Å². The van der Waals surface area contributed by atoms with Crippen LogP contribution >= 0.6 is 0 Å². The molecule has 4 heterocycles. The van der Waals surface area contributed by atoms with Crippen molar-refractivity contribution in [2.24, 2.45) is 0 Å². The fourth-order valence-electron chi connectivity index (χ4n) is 7.93. The van der Waals surface area contributed by atoms with E-state index < -0.39 is 0 Å². The highest BCUT2D eigenvalue weighted by atomic mass is 16.5. The van der Waals surface area contributed by atoms with Gasteiger partial charge in [0, 0.05) is 32.7 Å². The molecule has 0 saturated carbocycles. The molecule has 0 radical (unpaired) electrons. The lowest BCUT2D eigenvalue weighted by atomic mass is 9.35. The summed E-state index contributed by atoms with van der Waals surface area (Å²) >= 11 is 0. The van der Waals surface area contributed by atoms with E-state index in [1.165, 1.54) is 0 Å². The van der Waals surface area contributed by atoms with Crippen molar-refractivity contribution < 1.29 is 9.15 Å². The van der Waals surface area contributed by atoms with Gasteiger partial charge in [0.05, 0.1) is 11.0 Å². The first-order chi connectivity index (χ1) is 25.8. The second-order valence-corrected chi connectivity index (χ2v) is 13.1. The molecule has 7 aromatic carbocycles. The summed E-state index contributed by atoms with van der Waals surface area (Å²) in [5.41, 5.74) is 8.64. The van der Waals surface area contributed by atoms with Crippen LogP contribution in [0, 0.1) is 0 Å². The summed E-state index contributed by atoms with van der Waals surface area (Å²) in [6.07, 6.45) is 0. The van der Waals surface area contributed by atoms with Gasteiger partial charge in [-0.15, -0.1) is 0 Å². The van der Waals surface area contributed by atoms with E-state index in [-0.39, 0.29) is 6.71 Å². The number of rotatable bonds is 4. The van der Waals surface area contributed by atoms with Gasteiger partial charge < -0.3 is 9.15 Å². The monoisotopic (exact) mass is 666 g/mol. The predicted octanol–water partition coefficient (Wildman–Crippen LogP) is 8.82. The predicted molar refractivity (Wildman–Crippen MR) is 210 cm³/mol. The zero-order valence-corrected chi connectivity index (χ0v) is 27.8. The molecule has 0 spiro atoms. The van der Waals surface area contributed by atoms with E-state index in [9.17, 15) is 0 Å². The van der Waals surface area contributed by atoms with Crippen molar-refractivity contribution in [1.29, 1.82) is 0 Å². The van der Waals surface area contributed by atoms with E-state index in [4.69, 9.17) is 24.1 Å². The fraction of sp³-hybridized carbons (Fsp3) is 0. The highest BCUT2D eigenvalue weighted by Gasteiger charge is 2.37. The zero-order valence-electron chi connectivity index (χ0n) is 27.8. The van der Waals surface area contributed by atoms with E-state index in [1.807, 2.05) is 97.1 Å². The molecule has 11 rings (SSSR count). The second-order valence-electron chi connectivity index (χ2n) is 13.1. The molecule has 0 aliphatic carbocycles. The number of hydrogen-bond donors (Lipinski definition) is 0. The minimum absolute atomic E-state index is 0.222. The molecule has 52 heavy (non-hydrogen) atoms. The van der Waals surface area contributed by atoms with Crippen LogP contribution in [0.25, 0.3) is 72.5 Å². The van der Waals surface area contributed by atoms with Crippen molar-refractivity contribution in [3.8, 4) is 40.2 Å². The summed E-state index contributed by atoms with van der Waals surface area (Å²) < 4.78 is 15.7. The third-order valence-electron chi connectivity index (χ3n) is 10.2. The molecule has 242 valence electrons. The van der Waals surface area contributed by atoms with Gasteiger partial charge in [0.1, 0.15) is 22.7 Å². The van der Waals surface area contributed by atoms with Crippen LogP contribution in [0.1, 0.15) is 0 Å². The number of hydrogen-bond acceptors (Lipinski definition) is 5. The fourth-order valence-corrected chi connectivity index (χ4v) is 7.93. The van der Waals surface area contributed by atoms with Gasteiger partial charge in [-0.1, -0.05) is 133 Å². The lowest BCUT2D eigenvalue weighted by Gasteiger charge is -2.27. The topological polar surface area (TPSA) is 66.0 Å². The third kappa shape index (κ3) is 4.29. The summed E-state index contributed by atoms with van der Waals surface area (Å²) in [7, 11) is 0. The molecule has 0 fully saturated rings. The Morgan fingerprint density at radius 2 is 1.04 bits per heavy atom. The van der Waals surface area contributed by atoms with Crippen LogP contribution in [-0.4, -0.2) is 26.2 Å². The maximum Gasteiger partial charge on any atom is 0.258 e. The quantitative estimate of drug-likeness (QED) is 0.176. The molecule has 1 aliphatic rings. The standard InChI is InChI=1S/C45H27BN4O2/c1-3-15-28(16-4-1)43-47-44(29-17-5-2-6-18-29)49-45(48-43)50-36-23-11-7-19-30(36)32-27-33-31-20-8-12-24-37(31)52-42(33)40(41(32)50)46-34-21-9-13-25-38(34)51-39-26-14-10-22-35(39)46/h1-27H. The summed E-state index contributed by atoms with van der Waals surface area (Å²) in [4.78, 5) is 15.5. The first-order valence-electron chi connectivity index (χ1n) is 17.4. The van der Waals surface area contributed by atoms with Crippen LogP contribution in [-0.2, 0) is 0 Å². The molecule has 3 aromatic heterocycles. The Balaban J connectivity index is 1.34. The maximum atomic E-state index is 6.94. The van der Waals surface area contributed by atoms with Crippen LogP contribution in [0.15, 0.2) is 168 Å². The zero-order chi connectivity index (χ0) is 34.2. The number of aromatic nitrogens is 4. The summed E-state index contributed by atoms with van der Waals surface area (Å²) in [5.74, 6) is 3.39. The average molecular weight is 667 g/mol. The molecular formula is C45H27BN4O2. The molecule has 0 amide bonds. The Labute approximate surface area is 298 Å². The molecule has 0 saturated heterocycles. The Bertz CT molecular complexity index is 2910. The summed E-state index contributed by atoms with van der Waals surface area (Å²) in [6, 6.07) is 56.0. The number of furan rings is 1. The lowest BCUT2D eigenvalue weighted by molar-refractivity contribution is 0.487. The van der Waals surface area contributed by atoms with E-state index >= 15 is 0 Å². The molecule has 0 unspecified atom stereocenters. The van der Waals surface area contributed by atoms with Gasteiger partial charge in [-0.2, -0.15) is 9.97 Å². The van der Waals surface area contributed by atoms with Gasteiger partial charge in [-0.05, 0) is 46.7 Å². The molecule has 7 heteroatoms. The van der Waals surface area contributed by atoms with Gasteiger partial charge in [0.2, 0.25) is 5.95 Å². The lowest BCUT2D eigenvalue weighted by Crippen LogP contribution is -2.55. The SMILES string of the molecule is c1ccc(-c2nc(-c3ccccc3)nc(-n3c4ccccc4c4cc5c(oc6ccccc65)c(B5c6ccccc6Oc6ccccc65)c43)n2)cc1. The van der Waals surface area contributed by atoms with Crippen molar-refractivity contribution in [2.45, 2.75) is 0 Å². The molecule has 0 bridgehead atoms.